The molecule has 2 aliphatic carbocycles. The van der Waals surface area contributed by atoms with E-state index in [1.54, 1.807) is 60.8 Å². The van der Waals surface area contributed by atoms with Crippen LogP contribution in [-0.4, -0.2) is 61.9 Å². The van der Waals surface area contributed by atoms with Crippen molar-refractivity contribution in [2.75, 3.05) is 5.73 Å². The summed E-state index contributed by atoms with van der Waals surface area (Å²) < 4.78 is 53.1. The number of nitrogens with zero attached hydrogens (tertiary/aromatic N) is 4. The number of rotatable bonds is 9. The SMILES string of the molecule is C[C@H](N[P@@](=O)(Oc1ccccc1)OC1[C@@]2(C#N)O[C@@H](c3ccc4c(N)ncnn34)[C@@H]3OC(C)(C)O[C@@]132)C(=O)OC1CCCCC1. The molecule has 2 aliphatic heterocycles. The summed E-state index contributed by atoms with van der Waals surface area (Å²) in [6.45, 7) is 4.96. The molecule has 14 nitrogen and oxygen atoms in total. The standard InChI is InChI=1S/C30H35N6O8P/c1-18(26(37)39-19-10-6-4-7-11-19)35-45(38,42-20-12-8-5-9-13-20)43-27-29(16-31)30(27)24(41-28(2,3)44-30)23(40-29)21-14-15-22-25(32)33-17-34-36(21)22/h5,8-9,12-15,17-19,23-24,27H,4,6-7,10-11H2,1-3H3,(H,35,38)(H2,32,33,34)/t18-,23-,24-,27?,29+,30+,45+/m0/s1. The molecular formula is C30H35N6O8P. The van der Waals surface area contributed by atoms with Gasteiger partial charge < -0.3 is 29.2 Å². The number of hydrogen-bond acceptors (Lipinski definition) is 12. The number of nitrogen functional groups attached to an aromatic ring is 1. The number of esters is 1. The monoisotopic (exact) mass is 638 g/mol. The molecule has 7 rings (SSSR count). The summed E-state index contributed by atoms with van der Waals surface area (Å²) in [6.07, 6.45) is 2.86. The number of hydrogen-bond donors (Lipinski definition) is 2. The van der Waals surface area contributed by atoms with Crippen LogP contribution in [0.3, 0.4) is 0 Å². The molecular weight excluding hydrogens is 603 g/mol. The van der Waals surface area contributed by atoms with Crippen LogP contribution in [0, 0.1) is 11.3 Å². The van der Waals surface area contributed by atoms with Gasteiger partial charge in [0.15, 0.2) is 23.3 Å². The lowest BCUT2D eigenvalue weighted by Gasteiger charge is -2.27. The molecule has 2 aromatic heterocycles. The minimum absolute atomic E-state index is 0.197. The quantitative estimate of drug-likeness (QED) is 0.254. The zero-order valence-electron chi connectivity index (χ0n) is 25.1. The number of nitrogens with two attached hydrogens (primary N) is 1. The van der Waals surface area contributed by atoms with Crippen molar-refractivity contribution in [1.29, 1.82) is 5.26 Å². The van der Waals surface area contributed by atoms with Crippen LogP contribution in [0.1, 0.15) is 64.7 Å². The van der Waals surface area contributed by atoms with Gasteiger partial charge in [-0.1, -0.05) is 24.6 Å². The van der Waals surface area contributed by atoms with E-state index < -0.39 is 55.1 Å². The Labute approximate surface area is 259 Å². The van der Waals surface area contributed by atoms with E-state index >= 15 is 0 Å². The lowest BCUT2D eigenvalue weighted by atomic mass is 9.98. The molecule has 2 saturated heterocycles. The summed E-state index contributed by atoms with van der Waals surface area (Å²) in [5, 5.41) is 17.6. The summed E-state index contributed by atoms with van der Waals surface area (Å²) in [4.78, 5) is 17.1. The number of nitrogens with one attached hydrogen (secondary N) is 1. The summed E-state index contributed by atoms with van der Waals surface area (Å²) in [5.41, 5.74) is 3.95. The van der Waals surface area contributed by atoms with E-state index in [0.29, 0.717) is 11.2 Å². The van der Waals surface area contributed by atoms with Crippen molar-refractivity contribution in [3.63, 3.8) is 0 Å². The fourth-order valence-corrected chi connectivity index (χ4v) is 8.51. The van der Waals surface area contributed by atoms with Crippen molar-refractivity contribution < 1.29 is 37.4 Å². The molecule has 238 valence electrons. The van der Waals surface area contributed by atoms with E-state index in [1.807, 2.05) is 0 Å². The molecule has 0 bridgehead atoms. The highest BCUT2D eigenvalue weighted by atomic mass is 31.2. The highest BCUT2D eigenvalue weighted by molar-refractivity contribution is 7.52. The van der Waals surface area contributed by atoms with E-state index in [4.69, 9.17) is 33.7 Å². The third-order valence-electron chi connectivity index (χ3n) is 8.81. The molecule has 1 unspecified atom stereocenters. The maximum atomic E-state index is 14.5. The van der Waals surface area contributed by atoms with Crippen LogP contribution in [0.2, 0.25) is 0 Å². The second-order valence-corrected chi connectivity index (χ2v) is 14.0. The number of ether oxygens (including phenoxy) is 4. The molecule has 0 amide bonds. The summed E-state index contributed by atoms with van der Waals surface area (Å²) in [5.74, 6) is -1.23. The predicted octanol–water partition coefficient (Wildman–Crippen LogP) is 3.98. The van der Waals surface area contributed by atoms with Gasteiger partial charge in [0.05, 0.1) is 5.69 Å². The maximum absolute atomic E-state index is 14.5. The summed E-state index contributed by atoms with van der Waals surface area (Å²) in [7, 11) is -4.39. The molecule has 7 atom stereocenters. The van der Waals surface area contributed by atoms with E-state index in [9.17, 15) is 14.6 Å². The number of nitriles is 1. The van der Waals surface area contributed by atoms with E-state index in [0.717, 1.165) is 32.1 Å². The van der Waals surface area contributed by atoms with Gasteiger partial charge in [0, 0.05) is 0 Å². The van der Waals surface area contributed by atoms with Crippen LogP contribution in [0.25, 0.3) is 5.52 Å². The van der Waals surface area contributed by atoms with Gasteiger partial charge in [-0.05, 0) is 70.7 Å². The van der Waals surface area contributed by atoms with Crippen LogP contribution in [-0.2, 0) is 32.8 Å². The fourth-order valence-electron chi connectivity index (χ4n) is 6.79. The Morgan fingerprint density at radius 2 is 1.93 bits per heavy atom. The zero-order chi connectivity index (χ0) is 31.6. The van der Waals surface area contributed by atoms with Crippen LogP contribution in [0.4, 0.5) is 5.82 Å². The molecule has 3 aromatic rings. The minimum Gasteiger partial charge on any atom is -0.461 e. The third kappa shape index (κ3) is 4.90. The molecule has 2 saturated carbocycles. The third-order valence-corrected chi connectivity index (χ3v) is 10.5. The highest BCUT2D eigenvalue weighted by Gasteiger charge is 2.95. The van der Waals surface area contributed by atoms with Crippen molar-refractivity contribution in [2.45, 2.75) is 100 Å². The first kappa shape index (κ1) is 30.1. The number of para-hydroxylation sites is 1. The second-order valence-electron chi connectivity index (χ2n) is 12.4. The van der Waals surface area contributed by atoms with Gasteiger partial charge >= 0.3 is 13.7 Å². The Morgan fingerprint density at radius 1 is 1.18 bits per heavy atom. The normalized spacial score (nSPS) is 32.2. The lowest BCUT2D eigenvalue weighted by Crippen LogP contribution is -2.39. The first-order valence-electron chi connectivity index (χ1n) is 15.1. The van der Waals surface area contributed by atoms with Crippen LogP contribution in [0.15, 0.2) is 48.8 Å². The predicted molar refractivity (Wildman–Crippen MR) is 157 cm³/mol. The smallest absolute Gasteiger partial charge is 0.459 e. The molecule has 4 heterocycles. The van der Waals surface area contributed by atoms with Crippen LogP contribution < -0.4 is 15.3 Å². The van der Waals surface area contributed by atoms with E-state index in [2.05, 4.69) is 21.2 Å². The topological polar surface area (TPSA) is 182 Å². The van der Waals surface area contributed by atoms with Gasteiger partial charge in [-0.3, -0.25) is 9.32 Å². The summed E-state index contributed by atoms with van der Waals surface area (Å²) in [6, 6.07) is 13.1. The van der Waals surface area contributed by atoms with Crippen molar-refractivity contribution in [3.8, 4) is 11.8 Å². The van der Waals surface area contributed by atoms with Crippen molar-refractivity contribution in [1.82, 2.24) is 19.7 Å². The molecule has 3 N–H and O–H groups in total. The highest BCUT2D eigenvalue weighted by Crippen LogP contribution is 2.74. The van der Waals surface area contributed by atoms with Gasteiger partial charge in [0.25, 0.3) is 0 Å². The average Bonchev–Trinajstić information content (AvgIpc) is 3.37. The van der Waals surface area contributed by atoms with E-state index in [1.165, 1.54) is 13.3 Å². The Kier molecular flexibility index (Phi) is 7.20. The number of aromatic nitrogens is 3. The first-order chi connectivity index (χ1) is 21.5. The van der Waals surface area contributed by atoms with Gasteiger partial charge in [-0.25, -0.2) is 14.1 Å². The zero-order valence-corrected chi connectivity index (χ0v) is 26.0. The Balaban J connectivity index is 1.19. The van der Waals surface area contributed by atoms with Gasteiger partial charge in [0.2, 0.25) is 5.60 Å². The van der Waals surface area contributed by atoms with Gasteiger partial charge in [0.1, 0.15) is 48.0 Å². The lowest BCUT2D eigenvalue weighted by molar-refractivity contribution is -0.182. The first-order valence-corrected chi connectivity index (χ1v) is 16.6. The molecule has 45 heavy (non-hydrogen) atoms. The van der Waals surface area contributed by atoms with Crippen molar-refractivity contribution >= 4 is 25.1 Å². The molecule has 4 aliphatic rings. The Hall–Kier alpha value is -3.57. The van der Waals surface area contributed by atoms with Crippen LogP contribution in [0.5, 0.6) is 5.75 Å². The Morgan fingerprint density at radius 3 is 2.67 bits per heavy atom. The molecule has 0 radical (unpaired) electrons. The Bertz CT molecular complexity index is 1710. The summed E-state index contributed by atoms with van der Waals surface area (Å²) >= 11 is 0. The van der Waals surface area contributed by atoms with Gasteiger partial charge in [-0.15, -0.1) is 0 Å². The minimum atomic E-state index is -4.39. The maximum Gasteiger partial charge on any atom is 0.459 e. The van der Waals surface area contributed by atoms with E-state index in [-0.39, 0.29) is 17.7 Å². The molecule has 1 aromatic carbocycles. The van der Waals surface area contributed by atoms with Crippen LogP contribution >= 0.6 is 7.75 Å². The number of benzene rings is 1. The average molecular weight is 639 g/mol. The number of carbonyl (C=O) groups is 1. The second kappa shape index (κ2) is 10.8. The van der Waals surface area contributed by atoms with Gasteiger partial charge in [-0.2, -0.15) is 15.4 Å². The molecule has 4 fully saturated rings. The number of fused-ring (bicyclic) bond motifs is 1. The largest absolute Gasteiger partial charge is 0.461 e. The molecule has 15 heteroatoms. The van der Waals surface area contributed by atoms with Crippen molar-refractivity contribution in [3.05, 3.63) is 54.5 Å². The fraction of sp³-hybridized carbons (Fsp3) is 0.533. The number of carbonyl (C=O) groups excluding carboxylic acids is 1. The molecule has 1 spiro atoms. The number of anilines is 1. The van der Waals surface area contributed by atoms with Crippen molar-refractivity contribution in [2.24, 2.45) is 0 Å².